The van der Waals surface area contributed by atoms with Gasteiger partial charge in [-0.2, -0.15) is 0 Å². The maximum Gasteiger partial charge on any atom is 0.291 e. The summed E-state index contributed by atoms with van der Waals surface area (Å²) in [7, 11) is 0. The number of carbonyl (C=O) groups excluding carboxylic acids is 1. The molecular weight excluding hydrogens is 260 g/mol. The number of rotatable bonds is 2. The van der Waals surface area contributed by atoms with Gasteiger partial charge in [0.15, 0.2) is 0 Å². The first-order valence-corrected chi connectivity index (χ1v) is 5.77. The molecule has 1 aliphatic heterocycles. The van der Waals surface area contributed by atoms with E-state index in [4.69, 9.17) is 10.2 Å². The molecule has 0 spiro atoms. The van der Waals surface area contributed by atoms with Crippen LogP contribution in [-0.2, 0) is 0 Å². The van der Waals surface area contributed by atoms with Crippen molar-refractivity contribution in [3.63, 3.8) is 0 Å². The van der Waals surface area contributed by atoms with Crippen molar-refractivity contribution >= 4 is 21.8 Å². The maximum atomic E-state index is 12.0. The van der Waals surface area contributed by atoms with E-state index < -0.39 is 0 Å². The second-order valence-electron chi connectivity index (χ2n) is 3.63. The summed E-state index contributed by atoms with van der Waals surface area (Å²) in [6.45, 7) is 1.29. The van der Waals surface area contributed by atoms with E-state index in [0.29, 0.717) is 16.8 Å². The number of hydrogen-bond acceptors (Lipinski definition) is 3. The first-order valence-electron chi connectivity index (χ1n) is 4.98. The van der Waals surface area contributed by atoms with Gasteiger partial charge < -0.3 is 15.1 Å². The van der Waals surface area contributed by atoms with Gasteiger partial charge in [0, 0.05) is 19.1 Å². The van der Waals surface area contributed by atoms with Gasteiger partial charge in [-0.1, -0.05) is 0 Å². The lowest BCUT2D eigenvalue weighted by molar-refractivity contribution is 0.0707. The Kier molecular flexibility index (Phi) is 3.11. The van der Waals surface area contributed by atoms with Gasteiger partial charge in [-0.3, -0.25) is 4.79 Å². The third kappa shape index (κ3) is 1.94. The molecule has 0 radical (unpaired) electrons. The molecule has 1 aliphatic rings. The summed E-state index contributed by atoms with van der Waals surface area (Å²) in [5.41, 5.74) is 5.62. The molecule has 1 amide bonds. The second kappa shape index (κ2) is 4.37. The van der Waals surface area contributed by atoms with Crippen LogP contribution in [0.5, 0.6) is 0 Å². The predicted molar refractivity (Wildman–Crippen MR) is 59.5 cm³/mol. The Bertz CT molecular complexity index is 364. The molecule has 0 bridgehead atoms. The highest BCUT2D eigenvalue weighted by atomic mass is 79.9. The lowest BCUT2D eigenvalue weighted by atomic mass is 10.2. The minimum atomic E-state index is -0.0696. The van der Waals surface area contributed by atoms with E-state index >= 15 is 0 Å². The largest absolute Gasteiger partial charge is 0.458 e. The molecule has 0 aromatic carbocycles. The predicted octanol–water partition coefficient (Wildman–Crippen LogP) is 1.61. The number of likely N-dealkylation sites (tertiary alicyclic amines) is 1. The van der Waals surface area contributed by atoms with Crippen molar-refractivity contribution in [2.45, 2.75) is 18.9 Å². The number of carbonyl (C=O) groups is 1. The van der Waals surface area contributed by atoms with E-state index in [1.54, 1.807) is 11.0 Å². The standard InChI is InChI=1S/C10H13BrN2O2/c11-8-3-5-15-9(8)10(14)13-4-1-2-7(13)6-12/h3,5,7H,1-2,4,6,12H2. The molecular formula is C10H13BrN2O2. The van der Waals surface area contributed by atoms with Crippen molar-refractivity contribution in [3.8, 4) is 0 Å². The molecule has 0 saturated carbocycles. The number of hydrogen-bond donors (Lipinski definition) is 1. The zero-order chi connectivity index (χ0) is 10.8. The molecule has 2 heterocycles. The molecule has 82 valence electrons. The van der Waals surface area contributed by atoms with Crippen molar-refractivity contribution in [2.75, 3.05) is 13.1 Å². The van der Waals surface area contributed by atoms with Crippen LogP contribution in [0.3, 0.4) is 0 Å². The highest BCUT2D eigenvalue weighted by Crippen LogP contribution is 2.24. The van der Waals surface area contributed by atoms with E-state index in [9.17, 15) is 4.79 Å². The van der Waals surface area contributed by atoms with Gasteiger partial charge in [0.25, 0.3) is 5.91 Å². The van der Waals surface area contributed by atoms with E-state index in [1.165, 1.54) is 6.26 Å². The normalized spacial score (nSPS) is 20.9. The van der Waals surface area contributed by atoms with Crippen LogP contribution in [0, 0.1) is 0 Å². The molecule has 1 atom stereocenters. The lowest BCUT2D eigenvalue weighted by Gasteiger charge is -2.22. The summed E-state index contributed by atoms with van der Waals surface area (Å²) in [5.74, 6) is 0.301. The van der Waals surface area contributed by atoms with E-state index in [-0.39, 0.29) is 11.9 Å². The summed E-state index contributed by atoms with van der Waals surface area (Å²) in [6, 6.07) is 1.88. The van der Waals surface area contributed by atoms with Crippen LogP contribution in [0.1, 0.15) is 23.4 Å². The maximum absolute atomic E-state index is 12.0. The number of nitrogens with two attached hydrogens (primary N) is 1. The zero-order valence-electron chi connectivity index (χ0n) is 8.28. The zero-order valence-corrected chi connectivity index (χ0v) is 9.87. The van der Waals surface area contributed by atoms with Crippen LogP contribution in [0.2, 0.25) is 0 Å². The first-order chi connectivity index (χ1) is 7.24. The van der Waals surface area contributed by atoms with Gasteiger partial charge in [-0.15, -0.1) is 0 Å². The van der Waals surface area contributed by atoms with E-state index in [1.807, 2.05) is 0 Å². The molecule has 15 heavy (non-hydrogen) atoms. The second-order valence-corrected chi connectivity index (χ2v) is 4.48. The fraction of sp³-hybridized carbons (Fsp3) is 0.500. The Hall–Kier alpha value is -0.810. The molecule has 5 heteroatoms. The highest BCUT2D eigenvalue weighted by Gasteiger charge is 2.30. The Morgan fingerprint density at radius 2 is 2.53 bits per heavy atom. The molecule has 1 saturated heterocycles. The van der Waals surface area contributed by atoms with E-state index in [2.05, 4.69) is 15.9 Å². The summed E-state index contributed by atoms with van der Waals surface area (Å²) in [6.07, 6.45) is 3.51. The Labute approximate surface area is 96.5 Å². The Morgan fingerprint density at radius 3 is 3.13 bits per heavy atom. The molecule has 4 nitrogen and oxygen atoms in total. The highest BCUT2D eigenvalue weighted by molar-refractivity contribution is 9.10. The fourth-order valence-corrected chi connectivity index (χ4v) is 2.30. The topological polar surface area (TPSA) is 59.5 Å². The fourth-order valence-electron chi connectivity index (χ4n) is 1.92. The van der Waals surface area contributed by atoms with Gasteiger partial charge >= 0.3 is 0 Å². The first kappa shape index (κ1) is 10.7. The average molecular weight is 273 g/mol. The van der Waals surface area contributed by atoms with Crippen LogP contribution in [0.4, 0.5) is 0 Å². The average Bonchev–Trinajstić information content (AvgIpc) is 2.84. The molecule has 2 N–H and O–H groups in total. The summed E-state index contributed by atoms with van der Waals surface area (Å²) in [4.78, 5) is 13.8. The molecule has 2 rings (SSSR count). The lowest BCUT2D eigenvalue weighted by Crippen LogP contribution is -2.39. The minimum absolute atomic E-state index is 0.0696. The van der Waals surface area contributed by atoms with Crippen molar-refractivity contribution in [2.24, 2.45) is 5.73 Å². The quantitative estimate of drug-likeness (QED) is 0.890. The smallest absolute Gasteiger partial charge is 0.291 e. The molecule has 0 aliphatic carbocycles. The Balaban J connectivity index is 2.18. The van der Waals surface area contributed by atoms with Gasteiger partial charge in [0.05, 0.1) is 10.7 Å². The number of halogens is 1. The van der Waals surface area contributed by atoms with Crippen LogP contribution < -0.4 is 5.73 Å². The molecule has 1 unspecified atom stereocenters. The molecule has 1 fully saturated rings. The number of furan rings is 1. The van der Waals surface area contributed by atoms with Crippen LogP contribution in [-0.4, -0.2) is 29.9 Å². The molecule has 1 aromatic heterocycles. The van der Waals surface area contributed by atoms with Crippen molar-refractivity contribution < 1.29 is 9.21 Å². The number of amides is 1. The minimum Gasteiger partial charge on any atom is -0.458 e. The third-order valence-electron chi connectivity index (χ3n) is 2.72. The van der Waals surface area contributed by atoms with Crippen molar-refractivity contribution in [3.05, 3.63) is 22.6 Å². The van der Waals surface area contributed by atoms with Crippen molar-refractivity contribution in [1.29, 1.82) is 0 Å². The van der Waals surface area contributed by atoms with Gasteiger partial charge in [0.2, 0.25) is 5.76 Å². The van der Waals surface area contributed by atoms with Gasteiger partial charge in [-0.25, -0.2) is 0 Å². The van der Waals surface area contributed by atoms with Gasteiger partial charge in [0.1, 0.15) is 0 Å². The van der Waals surface area contributed by atoms with Crippen LogP contribution in [0.25, 0.3) is 0 Å². The van der Waals surface area contributed by atoms with E-state index in [0.717, 1.165) is 19.4 Å². The van der Waals surface area contributed by atoms with Crippen LogP contribution in [0.15, 0.2) is 21.2 Å². The summed E-state index contributed by atoms with van der Waals surface area (Å²) < 4.78 is 5.86. The monoisotopic (exact) mass is 272 g/mol. The SMILES string of the molecule is NCC1CCCN1C(=O)c1occc1Br. The Morgan fingerprint density at radius 1 is 1.73 bits per heavy atom. The van der Waals surface area contributed by atoms with Gasteiger partial charge in [-0.05, 0) is 34.8 Å². The van der Waals surface area contributed by atoms with Crippen molar-refractivity contribution in [1.82, 2.24) is 4.90 Å². The summed E-state index contributed by atoms with van der Waals surface area (Å²) in [5, 5.41) is 0. The summed E-state index contributed by atoms with van der Waals surface area (Å²) >= 11 is 3.28. The molecule has 1 aromatic rings. The third-order valence-corrected chi connectivity index (χ3v) is 3.35. The number of nitrogens with zero attached hydrogens (tertiary/aromatic N) is 1. The van der Waals surface area contributed by atoms with Crippen LogP contribution >= 0.6 is 15.9 Å².